The SMILES string of the molecule is CCC(CO)(CO)NCc1ccc2cc[nH]c2c1. The van der Waals surface area contributed by atoms with Crippen LogP contribution in [0.25, 0.3) is 10.9 Å². The van der Waals surface area contributed by atoms with Gasteiger partial charge in [0.1, 0.15) is 0 Å². The summed E-state index contributed by atoms with van der Waals surface area (Å²) in [4.78, 5) is 3.17. The normalized spacial score (nSPS) is 12.2. The van der Waals surface area contributed by atoms with Gasteiger partial charge in [0.2, 0.25) is 0 Å². The van der Waals surface area contributed by atoms with Crippen molar-refractivity contribution in [2.24, 2.45) is 0 Å². The van der Waals surface area contributed by atoms with Gasteiger partial charge in [-0.25, -0.2) is 0 Å². The molecule has 0 spiro atoms. The van der Waals surface area contributed by atoms with Crippen molar-refractivity contribution in [2.75, 3.05) is 13.2 Å². The molecule has 0 atom stereocenters. The molecule has 1 aromatic heterocycles. The molecule has 0 radical (unpaired) electrons. The fourth-order valence-electron chi connectivity index (χ4n) is 2.00. The molecular weight excluding hydrogens is 228 g/mol. The van der Waals surface area contributed by atoms with Crippen LogP contribution in [0.1, 0.15) is 18.9 Å². The molecule has 4 N–H and O–H groups in total. The molecule has 18 heavy (non-hydrogen) atoms. The Labute approximate surface area is 107 Å². The third-order valence-electron chi connectivity index (χ3n) is 3.57. The maximum atomic E-state index is 9.36. The Bertz CT molecular complexity index is 495. The molecule has 2 rings (SSSR count). The average Bonchev–Trinajstić information content (AvgIpc) is 2.88. The van der Waals surface area contributed by atoms with Crippen molar-refractivity contribution < 1.29 is 10.2 Å². The Balaban J connectivity index is 2.09. The summed E-state index contributed by atoms with van der Waals surface area (Å²) < 4.78 is 0. The van der Waals surface area contributed by atoms with E-state index in [0.29, 0.717) is 13.0 Å². The molecule has 0 amide bonds. The second kappa shape index (κ2) is 5.52. The number of H-pyrrole nitrogens is 1. The van der Waals surface area contributed by atoms with Crippen molar-refractivity contribution in [3.8, 4) is 0 Å². The summed E-state index contributed by atoms with van der Waals surface area (Å²) in [6, 6.07) is 8.23. The van der Waals surface area contributed by atoms with Crippen molar-refractivity contribution in [3.05, 3.63) is 36.0 Å². The van der Waals surface area contributed by atoms with E-state index in [1.165, 1.54) is 5.39 Å². The maximum Gasteiger partial charge on any atom is 0.0648 e. The van der Waals surface area contributed by atoms with Crippen LogP contribution in [0.5, 0.6) is 0 Å². The van der Waals surface area contributed by atoms with Gasteiger partial charge in [0.15, 0.2) is 0 Å². The van der Waals surface area contributed by atoms with Crippen molar-refractivity contribution in [1.82, 2.24) is 10.3 Å². The lowest BCUT2D eigenvalue weighted by molar-refractivity contribution is 0.0864. The number of rotatable bonds is 6. The van der Waals surface area contributed by atoms with E-state index in [2.05, 4.69) is 28.5 Å². The van der Waals surface area contributed by atoms with Gasteiger partial charge >= 0.3 is 0 Å². The van der Waals surface area contributed by atoms with E-state index < -0.39 is 5.54 Å². The second-order valence-electron chi connectivity index (χ2n) is 4.70. The smallest absolute Gasteiger partial charge is 0.0648 e. The molecule has 0 saturated heterocycles. The van der Waals surface area contributed by atoms with Gasteiger partial charge in [-0.1, -0.05) is 19.1 Å². The number of aromatic nitrogens is 1. The maximum absolute atomic E-state index is 9.36. The van der Waals surface area contributed by atoms with Gasteiger partial charge in [-0.15, -0.1) is 0 Å². The molecule has 0 saturated carbocycles. The molecule has 0 aliphatic heterocycles. The van der Waals surface area contributed by atoms with Gasteiger partial charge in [-0.3, -0.25) is 0 Å². The summed E-state index contributed by atoms with van der Waals surface area (Å²) in [5, 5.41) is 23.2. The summed E-state index contributed by atoms with van der Waals surface area (Å²) in [6.45, 7) is 2.45. The predicted octanol–water partition coefficient (Wildman–Crippen LogP) is 1.39. The van der Waals surface area contributed by atoms with Crippen LogP contribution < -0.4 is 5.32 Å². The molecular formula is C14H20N2O2. The number of aliphatic hydroxyl groups excluding tert-OH is 2. The summed E-state index contributed by atoms with van der Waals surface area (Å²) >= 11 is 0. The molecule has 0 aliphatic rings. The molecule has 1 heterocycles. The van der Waals surface area contributed by atoms with Crippen LogP contribution in [0.15, 0.2) is 30.5 Å². The quantitative estimate of drug-likeness (QED) is 0.624. The number of aliphatic hydroxyl groups is 2. The first-order chi connectivity index (χ1) is 8.73. The third kappa shape index (κ3) is 2.56. The van der Waals surface area contributed by atoms with Crippen molar-refractivity contribution in [3.63, 3.8) is 0 Å². The minimum atomic E-state index is -0.593. The Hall–Kier alpha value is -1.36. The molecule has 1 aromatic carbocycles. The third-order valence-corrected chi connectivity index (χ3v) is 3.57. The molecule has 4 heteroatoms. The minimum Gasteiger partial charge on any atom is -0.394 e. The summed E-state index contributed by atoms with van der Waals surface area (Å²) in [6.07, 6.45) is 2.60. The van der Waals surface area contributed by atoms with Gasteiger partial charge < -0.3 is 20.5 Å². The number of benzene rings is 1. The molecule has 4 nitrogen and oxygen atoms in total. The lowest BCUT2D eigenvalue weighted by atomic mass is 9.98. The van der Waals surface area contributed by atoms with Crippen molar-refractivity contribution in [2.45, 2.75) is 25.4 Å². The van der Waals surface area contributed by atoms with Crippen LogP contribution >= 0.6 is 0 Å². The molecule has 98 valence electrons. The highest BCUT2D eigenvalue weighted by Gasteiger charge is 2.25. The summed E-state index contributed by atoms with van der Waals surface area (Å²) in [5.41, 5.74) is 1.64. The molecule has 2 aromatic rings. The first kappa shape index (κ1) is 13.1. The highest BCUT2D eigenvalue weighted by Crippen LogP contribution is 2.15. The first-order valence-corrected chi connectivity index (χ1v) is 6.26. The Morgan fingerprint density at radius 1 is 1.22 bits per heavy atom. The number of aromatic amines is 1. The highest BCUT2D eigenvalue weighted by atomic mass is 16.3. The highest BCUT2D eigenvalue weighted by molar-refractivity contribution is 5.79. The molecule has 0 unspecified atom stereocenters. The predicted molar refractivity (Wildman–Crippen MR) is 72.3 cm³/mol. The minimum absolute atomic E-state index is 0.0647. The van der Waals surface area contributed by atoms with Gasteiger partial charge in [-0.2, -0.15) is 0 Å². The molecule has 0 fully saturated rings. The zero-order valence-corrected chi connectivity index (χ0v) is 10.6. The Morgan fingerprint density at radius 3 is 2.67 bits per heavy atom. The van der Waals surface area contributed by atoms with Crippen LogP contribution in [0.4, 0.5) is 0 Å². The van der Waals surface area contributed by atoms with E-state index in [9.17, 15) is 10.2 Å². The van der Waals surface area contributed by atoms with Crippen LogP contribution in [0.2, 0.25) is 0 Å². The number of fused-ring (bicyclic) bond motifs is 1. The lowest BCUT2D eigenvalue weighted by Gasteiger charge is -2.29. The van der Waals surface area contributed by atoms with Gasteiger partial charge in [0.25, 0.3) is 0 Å². The Morgan fingerprint density at radius 2 is 2.00 bits per heavy atom. The van der Waals surface area contributed by atoms with Crippen LogP contribution in [0.3, 0.4) is 0 Å². The van der Waals surface area contributed by atoms with Crippen molar-refractivity contribution >= 4 is 10.9 Å². The zero-order valence-electron chi connectivity index (χ0n) is 10.6. The van der Waals surface area contributed by atoms with Crippen LogP contribution in [-0.4, -0.2) is 33.9 Å². The lowest BCUT2D eigenvalue weighted by Crippen LogP contribution is -2.50. The van der Waals surface area contributed by atoms with E-state index in [-0.39, 0.29) is 13.2 Å². The zero-order chi connectivity index (χ0) is 13.0. The second-order valence-corrected chi connectivity index (χ2v) is 4.70. The number of hydrogen-bond acceptors (Lipinski definition) is 3. The topological polar surface area (TPSA) is 68.3 Å². The van der Waals surface area contributed by atoms with E-state index in [4.69, 9.17) is 0 Å². The summed E-state index contributed by atoms with van der Waals surface area (Å²) in [7, 11) is 0. The summed E-state index contributed by atoms with van der Waals surface area (Å²) in [5.74, 6) is 0. The standard InChI is InChI=1S/C14H20N2O2/c1-2-14(9-17,10-18)16-8-11-3-4-12-5-6-15-13(12)7-11/h3-7,15-18H,2,8-10H2,1H3. The van der Waals surface area contributed by atoms with Crippen LogP contribution in [-0.2, 0) is 6.54 Å². The van der Waals surface area contributed by atoms with E-state index >= 15 is 0 Å². The van der Waals surface area contributed by atoms with Crippen molar-refractivity contribution in [1.29, 1.82) is 0 Å². The van der Waals surface area contributed by atoms with Gasteiger partial charge in [-0.05, 0) is 29.5 Å². The fourth-order valence-corrected chi connectivity index (χ4v) is 2.00. The fraction of sp³-hybridized carbons (Fsp3) is 0.429. The van der Waals surface area contributed by atoms with Gasteiger partial charge in [0, 0.05) is 18.3 Å². The number of nitrogens with one attached hydrogen (secondary N) is 2. The molecule has 0 aliphatic carbocycles. The molecule has 0 bridgehead atoms. The Kier molecular flexibility index (Phi) is 4.01. The van der Waals surface area contributed by atoms with E-state index in [1.807, 2.05) is 19.2 Å². The monoisotopic (exact) mass is 248 g/mol. The van der Waals surface area contributed by atoms with Gasteiger partial charge in [0.05, 0.1) is 18.8 Å². The number of hydrogen-bond donors (Lipinski definition) is 4. The van der Waals surface area contributed by atoms with E-state index in [1.54, 1.807) is 0 Å². The van der Waals surface area contributed by atoms with E-state index in [0.717, 1.165) is 11.1 Å². The van der Waals surface area contributed by atoms with Crippen LogP contribution in [0, 0.1) is 0 Å². The first-order valence-electron chi connectivity index (χ1n) is 6.26. The average molecular weight is 248 g/mol. The largest absolute Gasteiger partial charge is 0.394 e.